The van der Waals surface area contributed by atoms with E-state index in [1.54, 1.807) is 13.3 Å². The summed E-state index contributed by atoms with van der Waals surface area (Å²) in [7, 11) is 1.64. The van der Waals surface area contributed by atoms with Crippen molar-refractivity contribution in [3.63, 3.8) is 0 Å². The van der Waals surface area contributed by atoms with Gasteiger partial charge in [-0.2, -0.15) is 5.10 Å². The Kier molecular flexibility index (Phi) is 4.86. The molecule has 3 rings (SSSR count). The molecule has 6 nitrogen and oxygen atoms in total. The number of hydrogen-bond donors (Lipinski definition) is 1. The molecule has 0 unspecified atom stereocenters. The summed E-state index contributed by atoms with van der Waals surface area (Å²) in [4.78, 5) is 9.00. The van der Waals surface area contributed by atoms with Gasteiger partial charge in [0.2, 0.25) is 5.82 Å². The highest BCUT2D eigenvalue weighted by Crippen LogP contribution is 2.23. The van der Waals surface area contributed by atoms with Crippen molar-refractivity contribution in [2.45, 2.75) is 6.92 Å². The zero-order chi connectivity index (χ0) is 16.8. The minimum atomic E-state index is 0.433. The third-order valence-electron chi connectivity index (χ3n) is 3.32. The summed E-state index contributed by atoms with van der Waals surface area (Å²) >= 11 is 0. The van der Waals surface area contributed by atoms with Gasteiger partial charge in [0.25, 0.3) is 5.88 Å². The first-order valence-electron chi connectivity index (χ1n) is 7.63. The monoisotopic (exact) mass is 322 g/mol. The van der Waals surface area contributed by atoms with E-state index in [1.165, 1.54) is 0 Å². The van der Waals surface area contributed by atoms with E-state index in [0.717, 1.165) is 22.3 Å². The van der Waals surface area contributed by atoms with Crippen molar-refractivity contribution in [1.29, 1.82) is 0 Å². The van der Waals surface area contributed by atoms with Crippen LogP contribution in [0, 0.1) is 0 Å². The van der Waals surface area contributed by atoms with Crippen molar-refractivity contribution in [3.8, 4) is 11.6 Å². The first kappa shape index (κ1) is 15.7. The standard InChI is InChI=1S/C18H18N4O2/c1-3-24-18-17(20-15-6-4-5-7-16(15)21-18)22-19-12-13-8-10-14(23-2)11-9-13/h4-12H,3H2,1-2H3,(H,20,22)/b19-12-. The first-order chi connectivity index (χ1) is 11.8. The highest BCUT2D eigenvalue weighted by atomic mass is 16.5. The number of rotatable bonds is 6. The van der Waals surface area contributed by atoms with Crippen LogP contribution in [0.1, 0.15) is 12.5 Å². The van der Waals surface area contributed by atoms with E-state index >= 15 is 0 Å². The lowest BCUT2D eigenvalue weighted by atomic mass is 10.2. The van der Waals surface area contributed by atoms with Gasteiger partial charge in [-0.05, 0) is 48.9 Å². The van der Waals surface area contributed by atoms with Crippen LogP contribution in [0.15, 0.2) is 53.6 Å². The second kappa shape index (κ2) is 7.41. The molecule has 1 heterocycles. The zero-order valence-electron chi connectivity index (χ0n) is 13.6. The van der Waals surface area contributed by atoms with Crippen LogP contribution in [0.2, 0.25) is 0 Å². The predicted octanol–water partition coefficient (Wildman–Crippen LogP) is 3.48. The van der Waals surface area contributed by atoms with Gasteiger partial charge in [0.05, 0.1) is 31.0 Å². The summed E-state index contributed by atoms with van der Waals surface area (Å²) in [6.07, 6.45) is 1.70. The highest BCUT2D eigenvalue weighted by molar-refractivity contribution is 5.81. The van der Waals surface area contributed by atoms with Gasteiger partial charge in [-0.3, -0.25) is 5.43 Å². The average Bonchev–Trinajstić information content (AvgIpc) is 2.63. The van der Waals surface area contributed by atoms with E-state index in [1.807, 2.05) is 55.5 Å². The molecule has 6 heteroatoms. The maximum absolute atomic E-state index is 5.55. The molecule has 1 aromatic heterocycles. The fourth-order valence-electron chi connectivity index (χ4n) is 2.15. The summed E-state index contributed by atoms with van der Waals surface area (Å²) in [6, 6.07) is 15.2. The Morgan fingerprint density at radius 1 is 1.04 bits per heavy atom. The third kappa shape index (κ3) is 3.60. The lowest BCUT2D eigenvalue weighted by Crippen LogP contribution is -2.03. The van der Waals surface area contributed by atoms with Crippen LogP contribution in [0.3, 0.4) is 0 Å². The largest absolute Gasteiger partial charge is 0.497 e. The van der Waals surface area contributed by atoms with Gasteiger partial charge in [0.1, 0.15) is 5.75 Å². The summed E-state index contributed by atoms with van der Waals surface area (Å²) < 4.78 is 10.7. The number of hydrogen-bond acceptors (Lipinski definition) is 6. The molecule has 0 aliphatic carbocycles. The Balaban J connectivity index is 1.82. The normalized spacial score (nSPS) is 10.9. The Hall–Kier alpha value is -3.15. The number of fused-ring (bicyclic) bond motifs is 1. The molecule has 2 aromatic carbocycles. The van der Waals surface area contributed by atoms with E-state index in [4.69, 9.17) is 9.47 Å². The van der Waals surface area contributed by atoms with Crippen molar-refractivity contribution >= 4 is 23.1 Å². The van der Waals surface area contributed by atoms with Crippen molar-refractivity contribution in [2.75, 3.05) is 19.1 Å². The van der Waals surface area contributed by atoms with E-state index in [9.17, 15) is 0 Å². The SMILES string of the molecule is CCOc1nc2ccccc2nc1N/N=C\c1ccc(OC)cc1. The van der Waals surface area contributed by atoms with Gasteiger partial charge < -0.3 is 9.47 Å². The van der Waals surface area contributed by atoms with E-state index in [0.29, 0.717) is 18.3 Å². The first-order valence-corrected chi connectivity index (χ1v) is 7.63. The number of benzene rings is 2. The van der Waals surface area contributed by atoms with Crippen molar-refractivity contribution in [2.24, 2.45) is 5.10 Å². The third-order valence-corrected chi connectivity index (χ3v) is 3.32. The van der Waals surface area contributed by atoms with Gasteiger partial charge in [0.15, 0.2) is 0 Å². The number of aromatic nitrogens is 2. The van der Waals surface area contributed by atoms with Crippen LogP contribution < -0.4 is 14.9 Å². The topological polar surface area (TPSA) is 68.6 Å². The summed E-state index contributed by atoms with van der Waals surface area (Å²) in [6.45, 7) is 2.41. The molecular formula is C18H18N4O2. The van der Waals surface area contributed by atoms with Crippen LogP contribution in [0.5, 0.6) is 11.6 Å². The van der Waals surface area contributed by atoms with E-state index in [-0.39, 0.29) is 0 Å². The number of para-hydroxylation sites is 2. The van der Waals surface area contributed by atoms with Gasteiger partial charge in [-0.25, -0.2) is 9.97 Å². The molecule has 0 saturated carbocycles. The van der Waals surface area contributed by atoms with Crippen LogP contribution in [-0.2, 0) is 0 Å². The molecule has 0 bridgehead atoms. The number of hydrazone groups is 1. The van der Waals surface area contributed by atoms with Gasteiger partial charge in [-0.15, -0.1) is 0 Å². The maximum Gasteiger partial charge on any atom is 0.259 e. The number of nitrogens with zero attached hydrogens (tertiary/aromatic N) is 3. The molecule has 0 amide bonds. The molecule has 1 N–H and O–H groups in total. The summed E-state index contributed by atoms with van der Waals surface area (Å²) in [5, 5.41) is 4.22. The van der Waals surface area contributed by atoms with Gasteiger partial charge in [-0.1, -0.05) is 12.1 Å². The second-order valence-corrected chi connectivity index (χ2v) is 4.94. The molecule has 122 valence electrons. The van der Waals surface area contributed by atoms with Crippen LogP contribution in [-0.4, -0.2) is 29.9 Å². The van der Waals surface area contributed by atoms with Crippen LogP contribution in [0.4, 0.5) is 5.82 Å². The number of nitrogens with one attached hydrogen (secondary N) is 1. The van der Waals surface area contributed by atoms with E-state index < -0.39 is 0 Å². The Morgan fingerprint density at radius 2 is 1.75 bits per heavy atom. The molecule has 0 saturated heterocycles. The van der Waals surface area contributed by atoms with Crippen molar-refractivity contribution in [3.05, 3.63) is 54.1 Å². The molecule has 0 spiro atoms. The number of anilines is 1. The van der Waals surface area contributed by atoms with Crippen LogP contribution >= 0.6 is 0 Å². The Labute approximate surface area is 140 Å². The Bertz CT molecular complexity index is 847. The quantitative estimate of drug-likeness (QED) is 0.556. The zero-order valence-corrected chi connectivity index (χ0v) is 13.6. The molecule has 24 heavy (non-hydrogen) atoms. The molecular weight excluding hydrogens is 304 g/mol. The van der Waals surface area contributed by atoms with Gasteiger partial charge in [0, 0.05) is 0 Å². The average molecular weight is 322 g/mol. The molecule has 3 aromatic rings. The number of methoxy groups -OCH3 is 1. The van der Waals surface area contributed by atoms with Crippen molar-refractivity contribution < 1.29 is 9.47 Å². The molecule has 0 fully saturated rings. The fraction of sp³-hybridized carbons (Fsp3) is 0.167. The molecule has 0 radical (unpaired) electrons. The lowest BCUT2D eigenvalue weighted by molar-refractivity contribution is 0.328. The fourth-order valence-corrected chi connectivity index (χ4v) is 2.15. The number of ether oxygens (including phenoxy) is 2. The minimum Gasteiger partial charge on any atom is -0.497 e. The van der Waals surface area contributed by atoms with Crippen molar-refractivity contribution in [1.82, 2.24) is 9.97 Å². The summed E-state index contributed by atoms with van der Waals surface area (Å²) in [5.41, 5.74) is 5.41. The van der Waals surface area contributed by atoms with Gasteiger partial charge >= 0.3 is 0 Å². The second-order valence-electron chi connectivity index (χ2n) is 4.94. The lowest BCUT2D eigenvalue weighted by Gasteiger charge is -2.08. The predicted molar refractivity (Wildman–Crippen MR) is 94.9 cm³/mol. The molecule has 0 aliphatic heterocycles. The van der Waals surface area contributed by atoms with E-state index in [2.05, 4.69) is 20.5 Å². The maximum atomic E-state index is 5.55. The minimum absolute atomic E-state index is 0.433. The smallest absolute Gasteiger partial charge is 0.259 e. The highest BCUT2D eigenvalue weighted by Gasteiger charge is 2.08. The van der Waals surface area contributed by atoms with Crippen LogP contribution in [0.25, 0.3) is 11.0 Å². The molecule has 0 aliphatic rings. The molecule has 0 atom stereocenters. The Morgan fingerprint density at radius 3 is 2.42 bits per heavy atom. The summed E-state index contributed by atoms with van der Waals surface area (Å²) in [5.74, 6) is 1.72.